The summed E-state index contributed by atoms with van der Waals surface area (Å²) in [7, 11) is 0. The Bertz CT molecular complexity index is 819. The number of aromatic hydroxyl groups is 3. The standard InChI is InChI=1S/C19H13Br3O3/c20-13-7-1-4-10(17(13)23)16(11-5-2-8-14(21)18(11)24)12-6-3-9-15(22)19(12)25/h1-9,16,23-25H. The molecule has 0 radical (unpaired) electrons. The maximum Gasteiger partial charge on any atom is 0.133 e. The number of hydrogen-bond acceptors (Lipinski definition) is 3. The zero-order chi connectivity index (χ0) is 18.1. The number of para-hydroxylation sites is 3. The fraction of sp³-hybridized carbons (Fsp3) is 0.0526. The van der Waals surface area contributed by atoms with Gasteiger partial charge in [-0.25, -0.2) is 0 Å². The van der Waals surface area contributed by atoms with Crippen LogP contribution in [0.25, 0.3) is 0 Å². The first-order chi connectivity index (χ1) is 11.9. The van der Waals surface area contributed by atoms with Crippen molar-refractivity contribution in [2.24, 2.45) is 0 Å². The summed E-state index contributed by atoms with van der Waals surface area (Å²) in [6.07, 6.45) is 0. The third-order valence-electron chi connectivity index (χ3n) is 3.99. The number of hydrogen-bond donors (Lipinski definition) is 3. The third kappa shape index (κ3) is 3.43. The molecule has 3 nitrogen and oxygen atoms in total. The SMILES string of the molecule is Oc1c(Br)cccc1C(c1cccc(Br)c1O)c1cccc(Br)c1O. The zero-order valence-electron chi connectivity index (χ0n) is 12.7. The molecule has 0 fully saturated rings. The fourth-order valence-corrected chi connectivity index (χ4v) is 3.94. The van der Waals surface area contributed by atoms with Crippen LogP contribution in [-0.2, 0) is 0 Å². The Morgan fingerprint density at radius 2 is 0.800 bits per heavy atom. The number of phenols is 3. The van der Waals surface area contributed by atoms with Crippen LogP contribution in [0.1, 0.15) is 22.6 Å². The van der Waals surface area contributed by atoms with Gasteiger partial charge < -0.3 is 15.3 Å². The Morgan fingerprint density at radius 3 is 1.08 bits per heavy atom. The van der Waals surface area contributed by atoms with Gasteiger partial charge in [0.2, 0.25) is 0 Å². The van der Waals surface area contributed by atoms with E-state index in [-0.39, 0.29) is 17.2 Å². The van der Waals surface area contributed by atoms with Gasteiger partial charge in [-0.1, -0.05) is 36.4 Å². The summed E-state index contributed by atoms with van der Waals surface area (Å²) in [6.45, 7) is 0. The Balaban J connectivity index is 2.35. The molecule has 0 saturated carbocycles. The predicted molar refractivity (Wildman–Crippen MR) is 108 cm³/mol. The molecule has 128 valence electrons. The lowest BCUT2D eigenvalue weighted by Crippen LogP contribution is -2.05. The van der Waals surface area contributed by atoms with Gasteiger partial charge in [0.05, 0.1) is 13.4 Å². The number of phenolic OH excluding ortho intramolecular Hbond substituents is 3. The second-order valence-corrected chi connectivity index (χ2v) is 8.03. The highest BCUT2D eigenvalue weighted by atomic mass is 79.9. The smallest absolute Gasteiger partial charge is 0.133 e. The average molecular weight is 529 g/mol. The Morgan fingerprint density at radius 1 is 0.520 bits per heavy atom. The van der Waals surface area contributed by atoms with Crippen LogP contribution in [0, 0.1) is 0 Å². The van der Waals surface area contributed by atoms with Crippen LogP contribution >= 0.6 is 47.8 Å². The topological polar surface area (TPSA) is 60.7 Å². The minimum atomic E-state index is -0.563. The highest BCUT2D eigenvalue weighted by molar-refractivity contribution is 9.11. The molecular formula is C19H13Br3O3. The van der Waals surface area contributed by atoms with Crippen molar-refractivity contribution in [2.45, 2.75) is 5.92 Å². The third-order valence-corrected chi connectivity index (χ3v) is 5.91. The molecule has 0 saturated heterocycles. The summed E-state index contributed by atoms with van der Waals surface area (Å²) < 4.78 is 1.62. The monoisotopic (exact) mass is 526 g/mol. The van der Waals surface area contributed by atoms with Crippen molar-refractivity contribution in [2.75, 3.05) is 0 Å². The molecule has 0 unspecified atom stereocenters. The van der Waals surface area contributed by atoms with Gasteiger partial charge in [-0.15, -0.1) is 0 Å². The lowest BCUT2D eigenvalue weighted by Gasteiger charge is -2.23. The molecule has 25 heavy (non-hydrogen) atoms. The molecule has 0 aromatic heterocycles. The molecule has 0 aliphatic carbocycles. The minimum absolute atomic E-state index is 0.0613. The molecular weight excluding hydrogens is 516 g/mol. The molecule has 3 N–H and O–H groups in total. The van der Waals surface area contributed by atoms with Crippen LogP contribution < -0.4 is 0 Å². The highest BCUT2D eigenvalue weighted by Crippen LogP contribution is 2.47. The van der Waals surface area contributed by atoms with Crippen molar-refractivity contribution in [3.05, 3.63) is 84.7 Å². The van der Waals surface area contributed by atoms with E-state index in [9.17, 15) is 15.3 Å². The van der Waals surface area contributed by atoms with Crippen LogP contribution in [0.5, 0.6) is 17.2 Å². The lowest BCUT2D eigenvalue weighted by atomic mass is 9.83. The van der Waals surface area contributed by atoms with E-state index in [1.807, 2.05) is 0 Å². The van der Waals surface area contributed by atoms with Gasteiger partial charge in [-0.3, -0.25) is 0 Å². The quantitative estimate of drug-likeness (QED) is 0.351. The van der Waals surface area contributed by atoms with Crippen molar-refractivity contribution >= 4 is 47.8 Å². The first-order valence-corrected chi connectivity index (χ1v) is 9.71. The molecule has 0 spiro atoms. The number of rotatable bonds is 3. The molecule has 6 heteroatoms. The van der Waals surface area contributed by atoms with Gasteiger partial charge in [0.25, 0.3) is 0 Å². The van der Waals surface area contributed by atoms with Gasteiger partial charge in [0, 0.05) is 22.6 Å². The van der Waals surface area contributed by atoms with Gasteiger partial charge >= 0.3 is 0 Å². The van der Waals surface area contributed by atoms with E-state index >= 15 is 0 Å². The van der Waals surface area contributed by atoms with E-state index in [1.54, 1.807) is 54.6 Å². The minimum Gasteiger partial charge on any atom is -0.506 e. The van der Waals surface area contributed by atoms with E-state index in [1.165, 1.54) is 0 Å². The second-order valence-electron chi connectivity index (χ2n) is 5.47. The van der Waals surface area contributed by atoms with Crippen molar-refractivity contribution in [3.63, 3.8) is 0 Å². The van der Waals surface area contributed by atoms with E-state index in [4.69, 9.17) is 0 Å². The lowest BCUT2D eigenvalue weighted by molar-refractivity contribution is 0.447. The van der Waals surface area contributed by atoms with Crippen molar-refractivity contribution < 1.29 is 15.3 Å². The van der Waals surface area contributed by atoms with E-state index in [2.05, 4.69) is 47.8 Å². The summed E-state index contributed by atoms with van der Waals surface area (Å²) in [5.41, 5.74) is 1.70. The van der Waals surface area contributed by atoms with Crippen LogP contribution in [-0.4, -0.2) is 15.3 Å². The largest absolute Gasteiger partial charge is 0.506 e. The van der Waals surface area contributed by atoms with Gasteiger partial charge in [0.1, 0.15) is 17.2 Å². The van der Waals surface area contributed by atoms with Crippen LogP contribution in [0.3, 0.4) is 0 Å². The normalized spacial score (nSPS) is 11.0. The highest BCUT2D eigenvalue weighted by Gasteiger charge is 2.27. The summed E-state index contributed by atoms with van der Waals surface area (Å²) >= 11 is 10.00. The van der Waals surface area contributed by atoms with Gasteiger partial charge in [-0.2, -0.15) is 0 Å². The first kappa shape index (κ1) is 18.3. The molecule has 3 aromatic rings. The second kappa shape index (κ2) is 7.40. The van der Waals surface area contributed by atoms with Crippen molar-refractivity contribution in [1.29, 1.82) is 0 Å². The van der Waals surface area contributed by atoms with Crippen molar-refractivity contribution in [1.82, 2.24) is 0 Å². The zero-order valence-corrected chi connectivity index (χ0v) is 17.5. The van der Waals surface area contributed by atoms with Crippen LogP contribution in [0.15, 0.2) is 68.0 Å². The average Bonchev–Trinajstić information content (AvgIpc) is 2.59. The number of benzene rings is 3. The Hall–Kier alpha value is -1.50. The molecule has 0 heterocycles. The summed E-state index contributed by atoms with van der Waals surface area (Å²) in [4.78, 5) is 0. The Kier molecular flexibility index (Phi) is 5.41. The van der Waals surface area contributed by atoms with E-state index < -0.39 is 5.92 Å². The molecule has 3 aromatic carbocycles. The summed E-state index contributed by atoms with van der Waals surface area (Å²) in [5, 5.41) is 31.7. The van der Waals surface area contributed by atoms with Crippen molar-refractivity contribution in [3.8, 4) is 17.2 Å². The Labute approximate surface area is 170 Å². The van der Waals surface area contributed by atoms with E-state index in [0.717, 1.165) is 0 Å². The van der Waals surface area contributed by atoms with E-state index in [0.29, 0.717) is 30.1 Å². The fourth-order valence-electron chi connectivity index (χ4n) is 2.80. The molecule has 0 bridgehead atoms. The maximum atomic E-state index is 10.6. The van der Waals surface area contributed by atoms with Gasteiger partial charge in [0.15, 0.2) is 0 Å². The molecule has 0 atom stereocenters. The molecule has 0 aliphatic rings. The summed E-state index contributed by atoms with van der Waals surface area (Å²) in [6, 6.07) is 15.9. The molecule has 0 aliphatic heterocycles. The first-order valence-electron chi connectivity index (χ1n) is 7.34. The van der Waals surface area contributed by atoms with Crippen LogP contribution in [0.2, 0.25) is 0 Å². The predicted octanol–water partition coefficient (Wildman–Crippen LogP) is 6.27. The maximum absolute atomic E-state index is 10.6. The van der Waals surface area contributed by atoms with Crippen LogP contribution in [0.4, 0.5) is 0 Å². The number of halogens is 3. The molecule has 3 rings (SSSR count). The summed E-state index contributed by atoms with van der Waals surface area (Å²) in [5.74, 6) is -0.378. The molecule has 0 amide bonds. The van der Waals surface area contributed by atoms with Gasteiger partial charge in [-0.05, 0) is 66.0 Å².